The molecule has 4 heteroatoms. The van der Waals surface area contributed by atoms with Gasteiger partial charge in [-0.25, -0.2) is 0 Å². The quantitative estimate of drug-likeness (QED) is 0.875. The van der Waals surface area contributed by atoms with Gasteiger partial charge in [0.05, 0.1) is 13.2 Å². The topological polar surface area (TPSA) is 30.5 Å². The fourth-order valence-electron chi connectivity index (χ4n) is 2.17. The number of aryl methyl sites for hydroxylation is 1. The number of hydrogen-bond donors (Lipinski definition) is 1. The van der Waals surface area contributed by atoms with Crippen molar-refractivity contribution in [2.24, 2.45) is 0 Å². The van der Waals surface area contributed by atoms with Crippen LogP contribution in [-0.4, -0.2) is 20.8 Å². The van der Waals surface area contributed by atoms with E-state index in [1.807, 2.05) is 43.4 Å². The molecule has 0 saturated heterocycles. The van der Waals surface area contributed by atoms with Crippen LogP contribution in [0.4, 0.5) is 0 Å². The number of benzene rings is 2. The van der Waals surface area contributed by atoms with E-state index in [4.69, 9.17) is 21.1 Å². The minimum atomic E-state index is 0.0514. The van der Waals surface area contributed by atoms with Crippen LogP contribution in [0.1, 0.15) is 17.2 Å². The van der Waals surface area contributed by atoms with Gasteiger partial charge in [-0.15, -0.1) is 0 Å². The zero-order valence-electron chi connectivity index (χ0n) is 12.5. The normalized spacial score (nSPS) is 12.0. The van der Waals surface area contributed by atoms with E-state index in [2.05, 4.69) is 18.3 Å². The molecule has 0 saturated carbocycles. The maximum atomic E-state index is 5.87. The van der Waals surface area contributed by atoms with E-state index in [1.165, 1.54) is 5.56 Å². The molecule has 0 radical (unpaired) electrons. The summed E-state index contributed by atoms with van der Waals surface area (Å²) in [7, 11) is 3.60. The predicted octanol–water partition coefficient (Wildman–Crippen LogP) is 4.00. The van der Waals surface area contributed by atoms with Gasteiger partial charge in [0.15, 0.2) is 0 Å². The van der Waals surface area contributed by atoms with Crippen molar-refractivity contribution in [2.75, 3.05) is 20.8 Å². The van der Waals surface area contributed by atoms with Crippen molar-refractivity contribution < 1.29 is 9.47 Å². The van der Waals surface area contributed by atoms with Crippen LogP contribution >= 0.6 is 11.6 Å². The first-order valence-electron chi connectivity index (χ1n) is 6.84. The van der Waals surface area contributed by atoms with E-state index >= 15 is 0 Å². The fourth-order valence-corrected chi connectivity index (χ4v) is 2.29. The highest BCUT2D eigenvalue weighted by Gasteiger charge is 2.15. The Bertz CT molecular complexity index is 584. The maximum Gasteiger partial charge on any atom is 0.123 e. The van der Waals surface area contributed by atoms with Crippen LogP contribution in [0.5, 0.6) is 11.5 Å². The summed E-state index contributed by atoms with van der Waals surface area (Å²) < 4.78 is 11.3. The van der Waals surface area contributed by atoms with Gasteiger partial charge in [-0.1, -0.05) is 29.3 Å². The molecule has 21 heavy (non-hydrogen) atoms. The molecule has 0 fully saturated rings. The second kappa shape index (κ2) is 7.34. The van der Waals surface area contributed by atoms with Crippen molar-refractivity contribution in [1.29, 1.82) is 0 Å². The van der Waals surface area contributed by atoms with Gasteiger partial charge < -0.3 is 14.8 Å². The summed E-state index contributed by atoms with van der Waals surface area (Å²) in [5, 5.41) is 3.97. The molecular weight excluding hydrogens is 286 g/mol. The smallest absolute Gasteiger partial charge is 0.123 e. The summed E-state index contributed by atoms with van der Waals surface area (Å²) in [4.78, 5) is 0. The molecule has 1 unspecified atom stereocenters. The molecule has 0 amide bonds. The van der Waals surface area contributed by atoms with Crippen LogP contribution in [0.3, 0.4) is 0 Å². The first kappa shape index (κ1) is 15.7. The summed E-state index contributed by atoms with van der Waals surface area (Å²) in [5.74, 6) is 1.66. The van der Waals surface area contributed by atoms with Gasteiger partial charge >= 0.3 is 0 Å². The number of halogens is 1. The lowest BCUT2D eigenvalue weighted by molar-refractivity contribution is 0.269. The lowest BCUT2D eigenvalue weighted by Gasteiger charge is -2.20. The molecule has 0 heterocycles. The summed E-state index contributed by atoms with van der Waals surface area (Å²) in [6, 6.07) is 13.6. The number of rotatable bonds is 6. The monoisotopic (exact) mass is 305 g/mol. The average molecular weight is 306 g/mol. The van der Waals surface area contributed by atoms with Gasteiger partial charge in [0.25, 0.3) is 0 Å². The Morgan fingerprint density at radius 3 is 2.48 bits per heavy atom. The molecule has 0 spiro atoms. The highest BCUT2D eigenvalue weighted by molar-refractivity contribution is 6.30. The SMILES string of the molecule is CNC(COc1ccc(Cl)cc1)c1cc(C)ccc1OC. The predicted molar refractivity (Wildman–Crippen MR) is 86.5 cm³/mol. The van der Waals surface area contributed by atoms with Crippen molar-refractivity contribution in [3.8, 4) is 11.5 Å². The third-order valence-electron chi connectivity index (χ3n) is 3.34. The van der Waals surface area contributed by atoms with Gasteiger partial charge in [0.2, 0.25) is 0 Å². The summed E-state index contributed by atoms with van der Waals surface area (Å²) >= 11 is 5.87. The minimum Gasteiger partial charge on any atom is -0.496 e. The Morgan fingerprint density at radius 2 is 1.86 bits per heavy atom. The summed E-state index contributed by atoms with van der Waals surface area (Å²) in [6.45, 7) is 2.58. The lowest BCUT2D eigenvalue weighted by Crippen LogP contribution is -2.24. The lowest BCUT2D eigenvalue weighted by atomic mass is 10.0. The third-order valence-corrected chi connectivity index (χ3v) is 3.59. The molecule has 1 N–H and O–H groups in total. The summed E-state index contributed by atoms with van der Waals surface area (Å²) in [6.07, 6.45) is 0. The number of likely N-dealkylation sites (N-methyl/N-ethyl adjacent to an activating group) is 1. The van der Waals surface area contributed by atoms with E-state index in [-0.39, 0.29) is 6.04 Å². The average Bonchev–Trinajstić information content (AvgIpc) is 2.50. The molecule has 0 aromatic heterocycles. The second-order valence-electron chi connectivity index (χ2n) is 4.85. The van der Waals surface area contributed by atoms with Crippen molar-refractivity contribution in [3.63, 3.8) is 0 Å². The van der Waals surface area contributed by atoms with Crippen LogP contribution in [0.2, 0.25) is 5.02 Å². The Morgan fingerprint density at radius 1 is 1.14 bits per heavy atom. The molecule has 3 nitrogen and oxygen atoms in total. The van der Waals surface area contributed by atoms with Crippen LogP contribution in [-0.2, 0) is 0 Å². The van der Waals surface area contributed by atoms with Crippen LogP contribution in [0, 0.1) is 6.92 Å². The molecule has 2 rings (SSSR count). The Balaban J connectivity index is 2.12. The Kier molecular flexibility index (Phi) is 5.48. The number of methoxy groups -OCH3 is 1. The highest BCUT2D eigenvalue weighted by Crippen LogP contribution is 2.27. The molecule has 0 bridgehead atoms. The van der Waals surface area contributed by atoms with E-state index < -0.39 is 0 Å². The molecular formula is C17H20ClNO2. The van der Waals surface area contributed by atoms with Crippen molar-refractivity contribution in [3.05, 3.63) is 58.6 Å². The molecule has 0 aliphatic carbocycles. The zero-order chi connectivity index (χ0) is 15.2. The Labute approximate surface area is 130 Å². The first-order valence-corrected chi connectivity index (χ1v) is 7.22. The van der Waals surface area contributed by atoms with Gasteiger partial charge in [-0.3, -0.25) is 0 Å². The Hall–Kier alpha value is -1.71. The van der Waals surface area contributed by atoms with E-state index in [9.17, 15) is 0 Å². The number of ether oxygens (including phenoxy) is 2. The van der Waals surface area contributed by atoms with Gasteiger partial charge in [0.1, 0.15) is 18.1 Å². The van der Waals surface area contributed by atoms with Crippen LogP contribution < -0.4 is 14.8 Å². The van der Waals surface area contributed by atoms with Gasteiger partial charge in [-0.2, -0.15) is 0 Å². The standard InChI is InChI=1S/C17H20ClNO2/c1-12-4-9-17(20-3)15(10-12)16(19-2)11-21-14-7-5-13(18)6-8-14/h4-10,16,19H,11H2,1-3H3. The number of hydrogen-bond acceptors (Lipinski definition) is 3. The van der Waals surface area contributed by atoms with Crippen molar-refractivity contribution in [1.82, 2.24) is 5.32 Å². The summed E-state index contributed by atoms with van der Waals surface area (Å²) in [5.41, 5.74) is 2.28. The molecule has 2 aromatic carbocycles. The van der Waals surface area contributed by atoms with E-state index in [0.29, 0.717) is 11.6 Å². The largest absolute Gasteiger partial charge is 0.496 e. The molecule has 0 aliphatic rings. The van der Waals surface area contributed by atoms with Gasteiger partial charge in [0, 0.05) is 10.6 Å². The third kappa shape index (κ3) is 4.13. The fraction of sp³-hybridized carbons (Fsp3) is 0.294. The van der Waals surface area contributed by atoms with Crippen molar-refractivity contribution >= 4 is 11.6 Å². The molecule has 0 aliphatic heterocycles. The van der Waals surface area contributed by atoms with Gasteiger partial charge in [-0.05, 0) is 44.3 Å². The number of nitrogens with one attached hydrogen (secondary N) is 1. The second-order valence-corrected chi connectivity index (χ2v) is 5.29. The van der Waals surface area contributed by atoms with Crippen LogP contribution in [0.25, 0.3) is 0 Å². The van der Waals surface area contributed by atoms with E-state index in [1.54, 1.807) is 7.11 Å². The van der Waals surface area contributed by atoms with Crippen molar-refractivity contribution in [2.45, 2.75) is 13.0 Å². The zero-order valence-corrected chi connectivity index (χ0v) is 13.3. The molecule has 1 atom stereocenters. The maximum absolute atomic E-state index is 5.87. The highest BCUT2D eigenvalue weighted by atomic mass is 35.5. The van der Waals surface area contributed by atoms with E-state index in [0.717, 1.165) is 17.1 Å². The molecule has 2 aromatic rings. The molecule has 112 valence electrons. The first-order chi connectivity index (χ1) is 10.1. The van der Waals surface area contributed by atoms with Crippen LogP contribution in [0.15, 0.2) is 42.5 Å². The minimum absolute atomic E-state index is 0.0514.